The molecule has 6 heteroatoms. The maximum absolute atomic E-state index is 10.5. The lowest BCUT2D eigenvalue weighted by molar-refractivity contribution is -0.118. The molecule has 0 fully saturated rings. The molecule has 0 bridgehead atoms. The molecule has 0 aliphatic carbocycles. The van der Waals surface area contributed by atoms with Gasteiger partial charge >= 0.3 is 0 Å². The van der Waals surface area contributed by atoms with Gasteiger partial charge in [-0.05, 0) is 25.1 Å². The summed E-state index contributed by atoms with van der Waals surface area (Å²) in [5.74, 6) is 1.05. The van der Waals surface area contributed by atoms with E-state index in [1.807, 2.05) is 12.1 Å². The number of aliphatic hydroxyl groups excluding tert-OH is 1. The number of hydrogen-bond acceptors (Lipinski definition) is 5. The van der Waals surface area contributed by atoms with E-state index >= 15 is 0 Å². The fourth-order valence-electron chi connectivity index (χ4n) is 1.60. The summed E-state index contributed by atoms with van der Waals surface area (Å²) in [5.41, 5.74) is 5.02. The first kappa shape index (κ1) is 16.3. The predicted molar refractivity (Wildman–Crippen MR) is 75.8 cm³/mol. The second-order valence-electron chi connectivity index (χ2n) is 4.42. The van der Waals surface area contributed by atoms with Crippen LogP contribution in [0.15, 0.2) is 24.3 Å². The van der Waals surface area contributed by atoms with E-state index in [0.717, 1.165) is 0 Å². The van der Waals surface area contributed by atoms with E-state index in [0.29, 0.717) is 37.4 Å². The zero-order chi connectivity index (χ0) is 14.8. The second kappa shape index (κ2) is 9.17. The zero-order valence-corrected chi connectivity index (χ0v) is 11.7. The average molecular weight is 282 g/mol. The Labute approximate surface area is 118 Å². The van der Waals surface area contributed by atoms with Crippen molar-refractivity contribution >= 4 is 5.91 Å². The van der Waals surface area contributed by atoms with Crippen molar-refractivity contribution in [1.82, 2.24) is 5.32 Å². The van der Waals surface area contributed by atoms with Gasteiger partial charge in [-0.25, -0.2) is 0 Å². The molecule has 0 saturated carbocycles. The highest BCUT2D eigenvalue weighted by Crippen LogP contribution is 2.18. The van der Waals surface area contributed by atoms with Crippen molar-refractivity contribution in [2.45, 2.75) is 18.9 Å². The molecule has 0 aliphatic rings. The Morgan fingerprint density at radius 2 is 2.20 bits per heavy atom. The lowest BCUT2D eigenvalue weighted by Gasteiger charge is -2.13. The number of hydrogen-bond donors (Lipinski definition) is 3. The van der Waals surface area contributed by atoms with Crippen LogP contribution in [0, 0.1) is 0 Å². The van der Waals surface area contributed by atoms with E-state index < -0.39 is 6.10 Å². The minimum atomic E-state index is -0.616. The molecule has 0 heterocycles. The molecule has 1 unspecified atom stereocenters. The Hall–Kier alpha value is -1.79. The Morgan fingerprint density at radius 3 is 2.90 bits per heavy atom. The van der Waals surface area contributed by atoms with E-state index in [4.69, 9.17) is 15.2 Å². The molecule has 0 spiro atoms. The summed E-state index contributed by atoms with van der Waals surface area (Å²) in [6.07, 6.45) is 0.400. The topological polar surface area (TPSA) is 93.8 Å². The van der Waals surface area contributed by atoms with Crippen LogP contribution in [0.3, 0.4) is 0 Å². The number of methoxy groups -OCH3 is 1. The van der Waals surface area contributed by atoms with Crippen molar-refractivity contribution < 1.29 is 19.4 Å². The number of nitrogens with two attached hydrogens (primary N) is 1. The molecule has 4 N–H and O–H groups in total. The fourth-order valence-corrected chi connectivity index (χ4v) is 1.60. The van der Waals surface area contributed by atoms with Crippen molar-refractivity contribution in [3.63, 3.8) is 0 Å². The van der Waals surface area contributed by atoms with E-state index in [-0.39, 0.29) is 12.5 Å². The maximum Gasteiger partial charge on any atom is 0.217 e. The summed E-state index contributed by atoms with van der Waals surface area (Å²) in [6.45, 7) is 1.23. The highest BCUT2D eigenvalue weighted by atomic mass is 16.5. The molecule has 1 aromatic rings. The molecule has 112 valence electrons. The van der Waals surface area contributed by atoms with Crippen LogP contribution in [0.25, 0.3) is 0 Å². The standard InChI is InChI=1S/C14H22N2O4/c1-19-12-4-2-5-13(8-12)20-10-11(17)9-16-7-3-6-14(15)18/h2,4-5,8,11,16-17H,3,6-7,9-10H2,1H3,(H2,15,18). The van der Waals surface area contributed by atoms with Gasteiger partial charge in [0.1, 0.15) is 24.2 Å². The SMILES string of the molecule is COc1cccc(OCC(O)CNCCCC(N)=O)c1. The quantitative estimate of drug-likeness (QED) is 0.536. The third kappa shape index (κ3) is 6.96. The average Bonchev–Trinajstić information content (AvgIpc) is 2.44. The number of primary amides is 1. The van der Waals surface area contributed by atoms with Gasteiger partial charge in [0.2, 0.25) is 5.91 Å². The molecule has 1 amide bonds. The van der Waals surface area contributed by atoms with E-state index in [2.05, 4.69) is 5.32 Å². The fraction of sp³-hybridized carbons (Fsp3) is 0.500. The second-order valence-corrected chi connectivity index (χ2v) is 4.42. The number of rotatable bonds is 10. The number of nitrogens with one attached hydrogen (secondary N) is 1. The Bertz CT molecular complexity index is 412. The van der Waals surface area contributed by atoms with Gasteiger partial charge in [0, 0.05) is 19.0 Å². The largest absolute Gasteiger partial charge is 0.497 e. The van der Waals surface area contributed by atoms with Crippen molar-refractivity contribution in [3.05, 3.63) is 24.3 Å². The van der Waals surface area contributed by atoms with Crippen molar-refractivity contribution in [2.75, 3.05) is 26.8 Å². The smallest absolute Gasteiger partial charge is 0.217 e. The highest BCUT2D eigenvalue weighted by Gasteiger charge is 2.05. The third-order valence-corrected chi connectivity index (χ3v) is 2.64. The summed E-state index contributed by atoms with van der Waals surface area (Å²) in [4.78, 5) is 10.5. The highest BCUT2D eigenvalue weighted by molar-refractivity contribution is 5.73. The first-order valence-electron chi connectivity index (χ1n) is 6.55. The van der Waals surface area contributed by atoms with Crippen LogP contribution in [0.1, 0.15) is 12.8 Å². The van der Waals surface area contributed by atoms with Crippen LogP contribution in [0.2, 0.25) is 0 Å². The van der Waals surface area contributed by atoms with E-state index in [1.165, 1.54) is 0 Å². The molecule has 0 radical (unpaired) electrons. The van der Waals surface area contributed by atoms with Crippen LogP contribution in [-0.4, -0.2) is 43.9 Å². The first-order valence-corrected chi connectivity index (χ1v) is 6.55. The third-order valence-electron chi connectivity index (χ3n) is 2.64. The normalized spacial score (nSPS) is 11.9. The molecule has 6 nitrogen and oxygen atoms in total. The van der Waals surface area contributed by atoms with Crippen molar-refractivity contribution in [3.8, 4) is 11.5 Å². The molecule has 1 rings (SSSR count). The lowest BCUT2D eigenvalue weighted by Crippen LogP contribution is -2.32. The number of aliphatic hydroxyl groups is 1. The molecule has 0 aliphatic heterocycles. The molecule has 20 heavy (non-hydrogen) atoms. The summed E-state index contributed by atoms with van der Waals surface area (Å²) < 4.78 is 10.5. The number of carbonyl (C=O) groups excluding carboxylic acids is 1. The first-order chi connectivity index (χ1) is 9.61. The van der Waals surface area contributed by atoms with Crippen molar-refractivity contribution in [2.24, 2.45) is 5.73 Å². The van der Waals surface area contributed by atoms with Gasteiger partial charge in [0.05, 0.1) is 7.11 Å². The lowest BCUT2D eigenvalue weighted by atomic mass is 10.3. The molecule has 1 atom stereocenters. The minimum absolute atomic E-state index is 0.190. The van der Waals surface area contributed by atoms with E-state index in [9.17, 15) is 9.90 Å². The predicted octanol–water partition coefficient (Wildman–Crippen LogP) is 0.290. The van der Waals surface area contributed by atoms with Gasteiger partial charge in [0.15, 0.2) is 0 Å². The van der Waals surface area contributed by atoms with Crippen LogP contribution in [0.4, 0.5) is 0 Å². The Balaban J connectivity index is 2.15. The van der Waals surface area contributed by atoms with Crippen LogP contribution >= 0.6 is 0 Å². The van der Waals surface area contributed by atoms with Gasteiger partial charge in [-0.15, -0.1) is 0 Å². The van der Waals surface area contributed by atoms with Gasteiger partial charge in [-0.3, -0.25) is 4.79 Å². The van der Waals surface area contributed by atoms with Crippen LogP contribution in [0.5, 0.6) is 11.5 Å². The Morgan fingerprint density at radius 1 is 1.45 bits per heavy atom. The van der Waals surface area contributed by atoms with Gasteiger partial charge in [-0.2, -0.15) is 0 Å². The summed E-state index contributed by atoms with van der Waals surface area (Å²) in [6, 6.07) is 7.20. The molecular formula is C14H22N2O4. The number of amides is 1. The van der Waals surface area contributed by atoms with Gasteiger partial charge in [-0.1, -0.05) is 6.07 Å². The van der Waals surface area contributed by atoms with Crippen LogP contribution < -0.4 is 20.5 Å². The maximum atomic E-state index is 10.5. The number of carbonyl (C=O) groups is 1. The minimum Gasteiger partial charge on any atom is -0.497 e. The molecule has 0 saturated heterocycles. The monoisotopic (exact) mass is 282 g/mol. The Kier molecular flexibility index (Phi) is 7.46. The number of ether oxygens (including phenoxy) is 2. The molecular weight excluding hydrogens is 260 g/mol. The summed E-state index contributed by atoms with van der Waals surface area (Å²) in [5, 5.41) is 12.8. The molecule has 1 aromatic carbocycles. The van der Waals surface area contributed by atoms with Crippen molar-refractivity contribution in [1.29, 1.82) is 0 Å². The summed E-state index contributed by atoms with van der Waals surface area (Å²) >= 11 is 0. The molecule has 0 aromatic heterocycles. The van der Waals surface area contributed by atoms with E-state index in [1.54, 1.807) is 19.2 Å². The van der Waals surface area contributed by atoms with Gasteiger partial charge < -0.3 is 25.6 Å². The summed E-state index contributed by atoms with van der Waals surface area (Å²) in [7, 11) is 1.59. The van der Waals surface area contributed by atoms with Crippen LogP contribution in [-0.2, 0) is 4.79 Å². The van der Waals surface area contributed by atoms with Gasteiger partial charge in [0.25, 0.3) is 0 Å². The number of benzene rings is 1. The zero-order valence-electron chi connectivity index (χ0n) is 11.7.